The molecule has 12 heteroatoms. The standard InChI is InChI=1S/C30H35N5O6S/c1-16(2)19-9-10-20-23(15-19)41-30(38)21-7-6-8-22(31)24(21)26(36)29(20,30)33-27(37)25-17(3)18(4)28(32-25)42(39,40)35-13-11-34(5)12-14-35/h6-10,15-16,32,38H,11-14,31H2,1-5H3,(H,33,37). The van der Waals surface area contributed by atoms with Crippen molar-refractivity contribution in [3.63, 3.8) is 0 Å². The first-order valence-corrected chi connectivity index (χ1v) is 15.4. The SMILES string of the molecule is Cc1c(C(=O)NC23C(=O)c4c(N)cccc4C2(O)Oc2cc(C(C)C)ccc23)[nH]c(S(=O)(=O)N2CCN(C)CC2)c1C. The Morgan fingerprint density at radius 3 is 2.45 bits per heavy atom. The number of nitrogens with two attached hydrogens (primary N) is 1. The van der Waals surface area contributed by atoms with Crippen molar-refractivity contribution in [3.8, 4) is 5.75 Å². The van der Waals surface area contributed by atoms with Gasteiger partial charge in [-0.3, -0.25) is 9.59 Å². The lowest BCUT2D eigenvalue weighted by atomic mass is 9.82. The number of Topliss-reactive ketones (excluding diaryl/α,β-unsaturated/α-hetero) is 1. The zero-order valence-electron chi connectivity index (χ0n) is 24.2. The fourth-order valence-corrected chi connectivity index (χ4v) is 7.95. The largest absolute Gasteiger partial charge is 0.454 e. The summed E-state index contributed by atoms with van der Waals surface area (Å²) in [5.41, 5.74) is 6.50. The molecule has 0 radical (unpaired) electrons. The number of aromatic amines is 1. The zero-order valence-corrected chi connectivity index (χ0v) is 25.1. The van der Waals surface area contributed by atoms with Crippen LogP contribution in [0.5, 0.6) is 5.75 Å². The number of H-pyrrole nitrogens is 1. The average molecular weight is 594 g/mol. The molecule has 2 aromatic carbocycles. The molecule has 6 rings (SSSR count). The number of nitrogens with one attached hydrogen (secondary N) is 2. The van der Waals surface area contributed by atoms with Gasteiger partial charge in [0, 0.05) is 43.0 Å². The fourth-order valence-electron chi connectivity index (χ4n) is 6.28. The summed E-state index contributed by atoms with van der Waals surface area (Å²) in [6, 6.07) is 9.98. The van der Waals surface area contributed by atoms with E-state index < -0.39 is 33.0 Å². The van der Waals surface area contributed by atoms with Crippen molar-refractivity contribution in [2.45, 2.75) is 50.0 Å². The molecule has 1 fully saturated rings. The highest BCUT2D eigenvalue weighted by molar-refractivity contribution is 7.89. The van der Waals surface area contributed by atoms with E-state index in [0.29, 0.717) is 37.3 Å². The third-order valence-corrected chi connectivity index (χ3v) is 10.9. The number of carbonyl (C=O) groups is 2. The van der Waals surface area contributed by atoms with E-state index in [1.54, 1.807) is 44.2 Å². The third kappa shape index (κ3) is 3.72. The molecule has 42 heavy (non-hydrogen) atoms. The monoisotopic (exact) mass is 593 g/mol. The smallest absolute Gasteiger partial charge is 0.271 e. The summed E-state index contributed by atoms with van der Waals surface area (Å²) in [6.07, 6.45) is 0. The highest BCUT2D eigenvalue weighted by Crippen LogP contribution is 2.59. The maximum absolute atomic E-state index is 14.3. The second kappa shape index (κ2) is 9.40. The van der Waals surface area contributed by atoms with Gasteiger partial charge in [0.1, 0.15) is 11.4 Å². The van der Waals surface area contributed by atoms with Crippen LogP contribution in [0.3, 0.4) is 0 Å². The van der Waals surface area contributed by atoms with Gasteiger partial charge in [-0.15, -0.1) is 0 Å². The summed E-state index contributed by atoms with van der Waals surface area (Å²) >= 11 is 0. The normalized spacial score (nSPS) is 23.9. The molecule has 1 saturated heterocycles. The maximum Gasteiger partial charge on any atom is 0.271 e. The number of benzene rings is 2. The van der Waals surface area contributed by atoms with E-state index in [9.17, 15) is 23.1 Å². The van der Waals surface area contributed by atoms with Crippen LogP contribution in [0.15, 0.2) is 41.4 Å². The van der Waals surface area contributed by atoms with Gasteiger partial charge in [-0.25, -0.2) is 8.42 Å². The molecule has 0 bridgehead atoms. The first-order valence-electron chi connectivity index (χ1n) is 13.9. The molecule has 0 saturated carbocycles. The number of aliphatic hydroxyl groups is 1. The minimum atomic E-state index is -3.92. The molecule has 5 N–H and O–H groups in total. The molecule has 2 aliphatic heterocycles. The summed E-state index contributed by atoms with van der Waals surface area (Å²) in [7, 11) is -1.99. The molecular formula is C30H35N5O6S. The number of ether oxygens (including phenoxy) is 1. The lowest BCUT2D eigenvalue weighted by molar-refractivity contribution is -0.169. The number of ketones is 1. The predicted molar refractivity (Wildman–Crippen MR) is 156 cm³/mol. The maximum atomic E-state index is 14.3. The van der Waals surface area contributed by atoms with E-state index in [2.05, 4.69) is 10.3 Å². The lowest BCUT2D eigenvalue weighted by Gasteiger charge is -2.34. The Hall–Kier alpha value is -3.71. The number of hydrogen-bond acceptors (Lipinski definition) is 8. The molecule has 3 aromatic rings. The van der Waals surface area contributed by atoms with Gasteiger partial charge in [0.05, 0.1) is 5.56 Å². The number of piperazine rings is 1. The Labute approximate surface area is 244 Å². The zero-order chi connectivity index (χ0) is 30.4. The summed E-state index contributed by atoms with van der Waals surface area (Å²) in [6.45, 7) is 9.14. The highest BCUT2D eigenvalue weighted by atomic mass is 32.2. The van der Waals surface area contributed by atoms with Crippen molar-refractivity contribution in [1.29, 1.82) is 0 Å². The molecule has 3 aliphatic rings. The van der Waals surface area contributed by atoms with E-state index in [0.717, 1.165) is 5.56 Å². The Balaban J connectivity index is 1.46. The number of anilines is 1. The minimum Gasteiger partial charge on any atom is -0.454 e. The first kappa shape index (κ1) is 28.4. The molecule has 2 atom stereocenters. The molecule has 3 heterocycles. The van der Waals surface area contributed by atoms with Crippen molar-refractivity contribution in [3.05, 3.63) is 75.5 Å². The van der Waals surface area contributed by atoms with Gasteiger partial charge in [0.15, 0.2) is 5.03 Å². The van der Waals surface area contributed by atoms with Crippen LogP contribution in [0.4, 0.5) is 5.69 Å². The Kier molecular flexibility index (Phi) is 6.36. The van der Waals surface area contributed by atoms with Gasteiger partial charge < -0.3 is 30.8 Å². The molecule has 222 valence electrons. The fraction of sp³-hybridized carbons (Fsp3) is 0.400. The van der Waals surface area contributed by atoms with Gasteiger partial charge in [0.2, 0.25) is 11.3 Å². The van der Waals surface area contributed by atoms with Gasteiger partial charge >= 0.3 is 0 Å². The van der Waals surface area contributed by atoms with Crippen LogP contribution >= 0.6 is 0 Å². The quantitative estimate of drug-likeness (QED) is 0.328. The topological polar surface area (TPSA) is 158 Å². The number of carbonyl (C=O) groups excluding carboxylic acids is 2. The highest BCUT2D eigenvalue weighted by Gasteiger charge is 2.72. The predicted octanol–water partition coefficient (Wildman–Crippen LogP) is 2.33. The molecule has 1 amide bonds. The Morgan fingerprint density at radius 2 is 1.79 bits per heavy atom. The summed E-state index contributed by atoms with van der Waals surface area (Å²) < 4.78 is 34.7. The van der Waals surface area contributed by atoms with E-state index in [-0.39, 0.29) is 44.8 Å². The number of amides is 1. The molecule has 0 spiro atoms. The molecule has 2 unspecified atom stereocenters. The number of nitrogen functional groups attached to an aromatic ring is 1. The van der Waals surface area contributed by atoms with Crippen molar-refractivity contribution in [2.75, 3.05) is 39.0 Å². The lowest BCUT2D eigenvalue weighted by Crippen LogP contribution is -2.60. The summed E-state index contributed by atoms with van der Waals surface area (Å²) in [4.78, 5) is 33.2. The molecule has 1 aliphatic carbocycles. The van der Waals surface area contributed by atoms with E-state index in [4.69, 9.17) is 10.5 Å². The van der Waals surface area contributed by atoms with Crippen LogP contribution in [0, 0.1) is 13.8 Å². The van der Waals surface area contributed by atoms with Crippen molar-refractivity contribution in [1.82, 2.24) is 19.5 Å². The molecule has 1 aromatic heterocycles. The number of hydrogen-bond donors (Lipinski definition) is 4. The van der Waals surface area contributed by atoms with Crippen molar-refractivity contribution in [2.24, 2.45) is 0 Å². The van der Waals surface area contributed by atoms with Crippen LogP contribution in [0.1, 0.15) is 68.4 Å². The second-order valence-electron chi connectivity index (χ2n) is 11.7. The van der Waals surface area contributed by atoms with E-state index in [1.807, 2.05) is 31.9 Å². The summed E-state index contributed by atoms with van der Waals surface area (Å²) in [5.74, 6) is -3.26. The van der Waals surface area contributed by atoms with Crippen molar-refractivity contribution >= 4 is 27.4 Å². The van der Waals surface area contributed by atoms with Gasteiger partial charge in [0.25, 0.3) is 21.7 Å². The first-order chi connectivity index (χ1) is 19.7. The Morgan fingerprint density at radius 1 is 1.10 bits per heavy atom. The number of rotatable bonds is 5. The van der Waals surface area contributed by atoms with Crippen LogP contribution < -0.4 is 15.8 Å². The van der Waals surface area contributed by atoms with Crippen LogP contribution in [-0.4, -0.2) is 72.6 Å². The number of sulfonamides is 1. The van der Waals surface area contributed by atoms with Crippen LogP contribution in [-0.2, 0) is 21.3 Å². The molecule has 11 nitrogen and oxygen atoms in total. The number of likely N-dealkylation sites (N-methyl/N-ethyl adjacent to an activating group) is 1. The number of nitrogens with zero attached hydrogens (tertiary/aromatic N) is 2. The van der Waals surface area contributed by atoms with E-state index in [1.165, 1.54) is 4.31 Å². The average Bonchev–Trinajstić information content (AvgIpc) is 3.45. The van der Waals surface area contributed by atoms with Crippen LogP contribution in [0.2, 0.25) is 0 Å². The minimum absolute atomic E-state index is 0.0269. The van der Waals surface area contributed by atoms with E-state index >= 15 is 0 Å². The number of aromatic nitrogens is 1. The van der Waals surface area contributed by atoms with Crippen LogP contribution in [0.25, 0.3) is 0 Å². The van der Waals surface area contributed by atoms with Crippen molar-refractivity contribution < 1.29 is 27.9 Å². The molecular weight excluding hydrogens is 558 g/mol. The van der Waals surface area contributed by atoms with Gasteiger partial charge in [-0.2, -0.15) is 4.31 Å². The number of fused-ring (bicyclic) bond motifs is 5. The van der Waals surface area contributed by atoms with Gasteiger partial charge in [-0.05, 0) is 55.6 Å². The van der Waals surface area contributed by atoms with Gasteiger partial charge in [-0.1, -0.05) is 38.1 Å². The summed E-state index contributed by atoms with van der Waals surface area (Å²) in [5, 5.41) is 14.9. The third-order valence-electron chi connectivity index (χ3n) is 8.98. The Bertz CT molecular complexity index is 1760. The second-order valence-corrected chi connectivity index (χ2v) is 13.6.